The lowest BCUT2D eigenvalue weighted by Gasteiger charge is -2.22. The molecule has 1 amide bonds. The number of nitrogens with one attached hydrogen (secondary N) is 1. The van der Waals surface area contributed by atoms with Gasteiger partial charge in [0, 0.05) is 0 Å². The number of fused-ring (bicyclic) bond motifs is 1. The summed E-state index contributed by atoms with van der Waals surface area (Å²) in [6.45, 7) is 3.80. The molecule has 2 atom stereocenters. The standard InChI is InChI=1S/C21H23N3O3/c1-14-8-10-16(11-9-14)18(12-20(25)27-3)23-21(26)15(2)24-13-22-17-6-4-5-7-19(17)24/h4-11,13,15,18H,12H2,1-3H3,(H,23,26)/t15-,18+/m0/s1. The number of carbonyl (C=O) groups is 2. The second-order valence-corrected chi connectivity index (χ2v) is 6.57. The van der Waals surface area contributed by atoms with Gasteiger partial charge in [0.1, 0.15) is 6.04 Å². The first kappa shape index (κ1) is 18.6. The Morgan fingerprint density at radius 3 is 2.56 bits per heavy atom. The third kappa shape index (κ3) is 4.16. The van der Waals surface area contributed by atoms with Crippen LogP contribution in [0.15, 0.2) is 54.9 Å². The number of rotatable bonds is 6. The van der Waals surface area contributed by atoms with Crippen LogP contribution in [0.1, 0.15) is 36.6 Å². The molecule has 0 radical (unpaired) electrons. The first-order valence-electron chi connectivity index (χ1n) is 8.85. The van der Waals surface area contributed by atoms with Crippen molar-refractivity contribution in [1.29, 1.82) is 0 Å². The van der Waals surface area contributed by atoms with Gasteiger partial charge in [-0.2, -0.15) is 0 Å². The number of ether oxygens (including phenoxy) is 1. The lowest BCUT2D eigenvalue weighted by molar-refractivity contribution is -0.141. The predicted molar refractivity (Wildman–Crippen MR) is 103 cm³/mol. The summed E-state index contributed by atoms with van der Waals surface area (Å²) in [7, 11) is 1.34. The van der Waals surface area contributed by atoms with E-state index < -0.39 is 12.1 Å². The maximum Gasteiger partial charge on any atom is 0.307 e. The number of aromatic nitrogens is 2. The highest BCUT2D eigenvalue weighted by Crippen LogP contribution is 2.22. The van der Waals surface area contributed by atoms with E-state index in [-0.39, 0.29) is 18.3 Å². The van der Waals surface area contributed by atoms with Crippen molar-refractivity contribution in [1.82, 2.24) is 14.9 Å². The maximum absolute atomic E-state index is 12.9. The highest BCUT2D eigenvalue weighted by Gasteiger charge is 2.23. The number of amides is 1. The van der Waals surface area contributed by atoms with Crippen molar-refractivity contribution in [2.75, 3.05) is 7.11 Å². The average Bonchev–Trinajstić information content (AvgIpc) is 3.11. The zero-order valence-corrected chi connectivity index (χ0v) is 15.7. The zero-order valence-electron chi connectivity index (χ0n) is 15.7. The van der Waals surface area contributed by atoms with E-state index in [9.17, 15) is 9.59 Å². The van der Waals surface area contributed by atoms with Gasteiger partial charge in [-0.25, -0.2) is 4.98 Å². The van der Waals surface area contributed by atoms with Crippen molar-refractivity contribution in [3.05, 3.63) is 66.0 Å². The first-order valence-corrected chi connectivity index (χ1v) is 8.85. The molecule has 1 N–H and O–H groups in total. The molecule has 0 aliphatic carbocycles. The summed E-state index contributed by atoms with van der Waals surface area (Å²) < 4.78 is 6.62. The Morgan fingerprint density at radius 2 is 1.85 bits per heavy atom. The molecular formula is C21H23N3O3. The molecule has 1 aromatic heterocycles. The Balaban J connectivity index is 1.82. The third-order valence-corrected chi connectivity index (χ3v) is 4.67. The van der Waals surface area contributed by atoms with Gasteiger partial charge in [0.2, 0.25) is 5.91 Å². The summed E-state index contributed by atoms with van der Waals surface area (Å²) in [6, 6.07) is 14.5. The van der Waals surface area contributed by atoms with Crippen LogP contribution in [-0.2, 0) is 14.3 Å². The third-order valence-electron chi connectivity index (χ3n) is 4.67. The van der Waals surface area contributed by atoms with Gasteiger partial charge in [0.25, 0.3) is 0 Å². The zero-order chi connectivity index (χ0) is 19.4. The van der Waals surface area contributed by atoms with Crippen molar-refractivity contribution in [3.63, 3.8) is 0 Å². The van der Waals surface area contributed by atoms with Crippen molar-refractivity contribution < 1.29 is 14.3 Å². The SMILES string of the molecule is COC(=O)C[C@@H](NC(=O)[C@H](C)n1cnc2ccccc21)c1ccc(C)cc1. The smallest absolute Gasteiger partial charge is 0.307 e. The molecule has 6 heteroatoms. The number of benzene rings is 2. The van der Waals surface area contributed by atoms with Gasteiger partial charge < -0.3 is 14.6 Å². The van der Waals surface area contributed by atoms with Gasteiger partial charge in [0.05, 0.1) is 36.9 Å². The fourth-order valence-electron chi connectivity index (χ4n) is 3.01. The fourth-order valence-corrected chi connectivity index (χ4v) is 3.01. The number of hydrogen-bond donors (Lipinski definition) is 1. The van der Waals surface area contributed by atoms with Crippen molar-refractivity contribution in [2.45, 2.75) is 32.4 Å². The monoisotopic (exact) mass is 365 g/mol. The van der Waals surface area contributed by atoms with E-state index >= 15 is 0 Å². The van der Waals surface area contributed by atoms with Crippen LogP contribution in [0.25, 0.3) is 11.0 Å². The topological polar surface area (TPSA) is 73.2 Å². The lowest BCUT2D eigenvalue weighted by Crippen LogP contribution is -2.35. The van der Waals surface area contributed by atoms with E-state index in [1.54, 1.807) is 6.33 Å². The highest BCUT2D eigenvalue weighted by molar-refractivity contribution is 5.84. The second kappa shape index (κ2) is 8.03. The van der Waals surface area contributed by atoms with E-state index in [1.807, 2.05) is 66.9 Å². The van der Waals surface area contributed by atoms with Crippen LogP contribution in [0.3, 0.4) is 0 Å². The molecule has 3 rings (SSSR count). The van der Waals surface area contributed by atoms with Gasteiger partial charge in [-0.15, -0.1) is 0 Å². The van der Waals surface area contributed by atoms with E-state index in [1.165, 1.54) is 7.11 Å². The Morgan fingerprint density at radius 1 is 1.15 bits per heavy atom. The molecule has 0 saturated heterocycles. The summed E-state index contributed by atoms with van der Waals surface area (Å²) in [5.41, 5.74) is 3.70. The molecule has 1 heterocycles. The molecule has 0 saturated carbocycles. The number of imidazole rings is 1. The number of aryl methyl sites for hydroxylation is 1. The molecule has 0 fully saturated rings. The van der Waals surface area contributed by atoms with Gasteiger partial charge in [-0.3, -0.25) is 9.59 Å². The molecule has 27 heavy (non-hydrogen) atoms. The summed E-state index contributed by atoms with van der Waals surface area (Å²) in [6.07, 6.45) is 1.73. The van der Waals surface area contributed by atoms with Crippen LogP contribution >= 0.6 is 0 Å². The van der Waals surface area contributed by atoms with Gasteiger partial charge in [-0.05, 0) is 31.5 Å². The summed E-state index contributed by atoms with van der Waals surface area (Å²) in [4.78, 5) is 29.1. The minimum Gasteiger partial charge on any atom is -0.469 e. The minimum absolute atomic E-state index is 0.0721. The Bertz CT molecular complexity index is 947. The molecule has 2 aromatic carbocycles. The molecule has 6 nitrogen and oxygen atoms in total. The van der Waals surface area contributed by atoms with Crippen molar-refractivity contribution >= 4 is 22.9 Å². The van der Waals surface area contributed by atoms with Crippen LogP contribution < -0.4 is 5.32 Å². The van der Waals surface area contributed by atoms with Crippen molar-refractivity contribution in [2.24, 2.45) is 0 Å². The van der Waals surface area contributed by atoms with Gasteiger partial charge >= 0.3 is 5.97 Å². The second-order valence-electron chi connectivity index (χ2n) is 6.57. The van der Waals surface area contributed by atoms with E-state index in [4.69, 9.17) is 4.74 Å². The number of carbonyl (C=O) groups excluding carboxylic acids is 2. The molecule has 0 aliphatic rings. The number of hydrogen-bond acceptors (Lipinski definition) is 4. The van der Waals surface area contributed by atoms with Crippen LogP contribution in [0.5, 0.6) is 0 Å². The molecule has 0 unspecified atom stereocenters. The normalized spacial score (nSPS) is 13.1. The Labute approximate surface area is 158 Å². The number of para-hydroxylation sites is 2. The maximum atomic E-state index is 12.9. The summed E-state index contributed by atoms with van der Waals surface area (Å²) in [5.74, 6) is -0.561. The lowest BCUT2D eigenvalue weighted by atomic mass is 10.0. The van der Waals surface area contributed by atoms with Gasteiger partial charge in [-0.1, -0.05) is 42.0 Å². The molecule has 3 aromatic rings. The van der Waals surface area contributed by atoms with Gasteiger partial charge in [0.15, 0.2) is 0 Å². The Kier molecular flexibility index (Phi) is 5.54. The predicted octanol–water partition coefficient (Wildman–Crippen LogP) is 3.33. The highest BCUT2D eigenvalue weighted by atomic mass is 16.5. The van der Waals surface area contributed by atoms with Crippen molar-refractivity contribution in [3.8, 4) is 0 Å². The van der Waals surface area contributed by atoms with E-state index in [2.05, 4.69) is 10.3 Å². The molecule has 140 valence electrons. The number of methoxy groups -OCH3 is 1. The summed E-state index contributed by atoms with van der Waals surface area (Å²) in [5, 5.41) is 2.98. The quantitative estimate of drug-likeness (QED) is 0.680. The van der Waals surface area contributed by atoms with Crippen LogP contribution in [0.2, 0.25) is 0 Å². The van der Waals surface area contributed by atoms with Crippen LogP contribution in [0.4, 0.5) is 0 Å². The molecule has 0 aliphatic heterocycles. The number of nitrogens with zero attached hydrogens (tertiary/aromatic N) is 2. The minimum atomic E-state index is -0.469. The van der Waals surface area contributed by atoms with Crippen LogP contribution in [-0.4, -0.2) is 28.5 Å². The van der Waals surface area contributed by atoms with E-state index in [0.717, 1.165) is 22.2 Å². The fraction of sp³-hybridized carbons (Fsp3) is 0.286. The molecular weight excluding hydrogens is 342 g/mol. The van der Waals surface area contributed by atoms with Crippen LogP contribution in [0, 0.1) is 6.92 Å². The molecule has 0 bridgehead atoms. The molecule has 0 spiro atoms. The first-order chi connectivity index (χ1) is 13.0. The number of esters is 1. The average molecular weight is 365 g/mol. The van der Waals surface area contributed by atoms with E-state index in [0.29, 0.717) is 0 Å². The largest absolute Gasteiger partial charge is 0.469 e. The Hall–Kier alpha value is -3.15. The summed E-state index contributed by atoms with van der Waals surface area (Å²) >= 11 is 0.